The first-order valence-corrected chi connectivity index (χ1v) is 9.36. The van der Waals surface area contributed by atoms with E-state index >= 15 is 0 Å². The molecule has 0 aliphatic rings. The number of aliphatic imine (C=N–C) groups is 1. The Balaban J connectivity index is 2.27. The Kier molecular flexibility index (Phi) is 6.92. The highest BCUT2D eigenvalue weighted by atomic mass is 32.2. The van der Waals surface area contributed by atoms with Gasteiger partial charge in [0.1, 0.15) is 0 Å². The molecular formula is C21H28N2S. The molecule has 0 bridgehead atoms. The van der Waals surface area contributed by atoms with Crippen molar-refractivity contribution in [1.82, 2.24) is 4.90 Å². The SMILES string of the molecule is CCN=C(SC(C)(C)C)N(Cc1ccccc1)Cc1ccccc1. The molecule has 2 rings (SSSR count). The van der Waals surface area contributed by atoms with Crippen LogP contribution in [0.3, 0.4) is 0 Å². The third-order valence-corrected chi connectivity index (χ3v) is 4.58. The average molecular weight is 341 g/mol. The van der Waals surface area contributed by atoms with Gasteiger partial charge in [-0.2, -0.15) is 0 Å². The molecule has 0 saturated heterocycles. The van der Waals surface area contributed by atoms with Crippen LogP contribution in [-0.2, 0) is 13.1 Å². The normalized spacial score (nSPS) is 12.2. The van der Waals surface area contributed by atoms with E-state index in [1.54, 1.807) is 0 Å². The highest BCUT2D eigenvalue weighted by Crippen LogP contribution is 2.28. The van der Waals surface area contributed by atoms with Crippen molar-refractivity contribution in [2.24, 2.45) is 4.99 Å². The molecule has 0 saturated carbocycles. The molecule has 0 spiro atoms. The van der Waals surface area contributed by atoms with Gasteiger partial charge in [-0.25, -0.2) is 0 Å². The summed E-state index contributed by atoms with van der Waals surface area (Å²) in [6, 6.07) is 21.3. The number of amidine groups is 1. The minimum absolute atomic E-state index is 0.139. The summed E-state index contributed by atoms with van der Waals surface area (Å²) in [7, 11) is 0. The number of benzene rings is 2. The van der Waals surface area contributed by atoms with Crippen LogP contribution >= 0.6 is 11.8 Å². The van der Waals surface area contributed by atoms with Gasteiger partial charge >= 0.3 is 0 Å². The molecular weight excluding hydrogens is 312 g/mol. The number of hydrogen-bond donors (Lipinski definition) is 0. The Morgan fingerprint density at radius 3 is 1.71 bits per heavy atom. The summed E-state index contributed by atoms with van der Waals surface area (Å²) >= 11 is 1.85. The van der Waals surface area contributed by atoms with Gasteiger partial charge in [0.2, 0.25) is 0 Å². The first-order chi connectivity index (χ1) is 11.5. The minimum atomic E-state index is 0.139. The Labute approximate surface area is 151 Å². The maximum absolute atomic E-state index is 4.81. The van der Waals surface area contributed by atoms with Crippen molar-refractivity contribution >= 4 is 16.9 Å². The van der Waals surface area contributed by atoms with E-state index < -0.39 is 0 Å². The van der Waals surface area contributed by atoms with E-state index in [1.165, 1.54) is 11.1 Å². The molecule has 0 N–H and O–H groups in total. The van der Waals surface area contributed by atoms with Gasteiger partial charge in [-0.1, -0.05) is 93.2 Å². The fraction of sp³-hybridized carbons (Fsp3) is 0.381. The van der Waals surface area contributed by atoms with E-state index in [1.807, 2.05) is 11.8 Å². The largest absolute Gasteiger partial charge is 0.343 e. The van der Waals surface area contributed by atoms with Gasteiger partial charge in [0.25, 0.3) is 0 Å². The molecule has 0 aliphatic heterocycles. The highest BCUT2D eigenvalue weighted by molar-refractivity contribution is 8.14. The van der Waals surface area contributed by atoms with Crippen LogP contribution < -0.4 is 0 Å². The summed E-state index contributed by atoms with van der Waals surface area (Å²) in [5.41, 5.74) is 2.62. The van der Waals surface area contributed by atoms with Crippen LogP contribution in [0.1, 0.15) is 38.8 Å². The van der Waals surface area contributed by atoms with Crippen LogP contribution in [0.15, 0.2) is 65.7 Å². The summed E-state index contributed by atoms with van der Waals surface area (Å²) in [6.45, 7) is 11.4. The van der Waals surface area contributed by atoms with Crippen LogP contribution in [0, 0.1) is 0 Å². The van der Waals surface area contributed by atoms with E-state index in [-0.39, 0.29) is 4.75 Å². The van der Waals surface area contributed by atoms with E-state index in [0.29, 0.717) is 0 Å². The first-order valence-electron chi connectivity index (χ1n) is 8.54. The maximum Gasteiger partial charge on any atom is 0.160 e. The molecule has 0 amide bonds. The second-order valence-electron chi connectivity index (χ2n) is 6.80. The molecule has 0 aliphatic carbocycles. The van der Waals surface area contributed by atoms with Crippen molar-refractivity contribution in [3.63, 3.8) is 0 Å². The monoisotopic (exact) mass is 340 g/mol. The lowest BCUT2D eigenvalue weighted by Gasteiger charge is -2.30. The zero-order chi connectivity index (χ0) is 17.4. The predicted molar refractivity (Wildman–Crippen MR) is 107 cm³/mol. The van der Waals surface area contributed by atoms with Crippen molar-refractivity contribution in [1.29, 1.82) is 0 Å². The van der Waals surface area contributed by atoms with Crippen molar-refractivity contribution in [3.8, 4) is 0 Å². The highest BCUT2D eigenvalue weighted by Gasteiger charge is 2.20. The Bertz CT molecular complexity index is 588. The zero-order valence-corrected chi connectivity index (χ0v) is 16.0. The Morgan fingerprint density at radius 2 is 1.33 bits per heavy atom. The molecule has 0 fully saturated rings. The van der Waals surface area contributed by atoms with Gasteiger partial charge < -0.3 is 4.90 Å². The molecule has 2 aromatic rings. The number of nitrogens with zero attached hydrogens (tertiary/aromatic N) is 2. The van der Waals surface area contributed by atoms with Crippen molar-refractivity contribution < 1.29 is 0 Å². The van der Waals surface area contributed by atoms with Crippen LogP contribution in [-0.4, -0.2) is 21.4 Å². The topological polar surface area (TPSA) is 15.6 Å². The number of hydrogen-bond acceptors (Lipinski definition) is 2. The van der Waals surface area contributed by atoms with Gasteiger partial charge in [0, 0.05) is 24.4 Å². The third-order valence-electron chi connectivity index (χ3n) is 3.39. The molecule has 24 heavy (non-hydrogen) atoms. The van der Waals surface area contributed by atoms with Gasteiger partial charge in [-0.05, 0) is 18.1 Å². The Morgan fingerprint density at radius 1 is 0.875 bits per heavy atom. The van der Waals surface area contributed by atoms with Crippen LogP contribution in [0.2, 0.25) is 0 Å². The van der Waals surface area contributed by atoms with Gasteiger partial charge in [-0.15, -0.1) is 0 Å². The van der Waals surface area contributed by atoms with E-state index in [9.17, 15) is 0 Å². The van der Waals surface area contributed by atoms with Gasteiger partial charge in [0.05, 0.1) is 0 Å². The lowest BCUT2D eigenvalue weighted by Crippen LogP contribution is -2.31. The molecule has 0 atom stereocenters. The van der Waals surface area contributed by atoms with Crippen molar-refractivity contribution in [2.45, 2.75) is 45.5 Å². The fourth-order valence-corrected chi connectivity index (χ4v) is 3.40. The second kappa shape index (κ2) is 8.93. The Hall–Kier alpha value is -1.74. The smallest absolute Gasteiger partial charge is 0.160 e. The molecule has 3 heteroatoms. The van der Waals surface area contributed by atoms with E-state index in [0.717, 1.165) is 24.8 Å². The lowest BCUT2D eigenvalue weighted by atomic mass is 10.2. The average Bonchev–Trinajstić information content (AvgIpc) is 2.55. The predicted octanol–water partition coefficient (Wildman–Crippen LogP) is 5.60. The number of thioether (sulfide) groups is 1. The molecule has 2 aromatic carbocycles. The molecule has 0 radical (unpaired) electrons. The molecule has 0 aromatic heterocycles. The zero-order valence-electron chi connectivity index (χ0n) is 15.2. The minimum Gasteiger partial charge on any atom is -0.343 e. The molecule has 0 unspecified atom stereocenters. The van der Waals surface area contributed by atoms with Crippen molar-refractivity contribution in [3.05, 3.63) is 71.8 Å². The fourth-order valence-electron chi connectivity index (χ4n) is 2.40. The van der Waals surface area contributed by atoms with Crippen molar-refractivity contribution in [2.75, 3.05) is 6.54 Å². The molecule has 128 valence electrons. The third kappa shape index (κ3) is 6.40. The second-order valence-corrected chi connectivity index (χ2v) is 8.59. The summed E-state index contributed by atoms with van der Waals surface area (Å²) in [4.78, 5) is 7.20. The van der Waals surface area contributed by atoms with Crippen LogP contribution in [0.25, 0.3) is 0 Å². The van der Waals surface area contributed by atoms with E-state index in [4.69, 9.17) is 4.99 Å². The summed E-state index contributed by atoms with van der Waals surface area (Å²) in [5, 5.41) is 1.12. The van der Waals surface area contributed by atoms with E-state index in [2.05, 4.69) is 93.3 Å². The van der Waals surface area contributed by atoms with Gasteiger partial charge in [-0.3, -0.25) is 4.99 Å². The van der Waals surface area contributed by atoms with Gasteiger partial charge in [0.15, 0.2) is 5.17 Å². The quantitative estimate of drug-likeness (QED) is 0.520. The lowest BCUT2D eigenvalue weighted by molar-refractivity contribution is 0.413. The first kappa shape index (κ1) is 18.6. The summed E-state index contributed by atoms with van der Waals surface area (Å²) < 4.78 is 0.139. The molecule has 0 heterocycles. The molecule has 2 nitrogen and oxygen atoms in total. The van der Waals surface area contributed by atoms with Crippen LogP contribution in [0.5, 0.6) is 0 Å². The number of rotatable bonds is 5. The summed E-state index contributed by atoms with van der Waals surface area (Å²) in [5.74, 6) is 0. The van der Waals surface area contributed by atoms with Crippen LogP contribution in [0.4, 0.5) is 0 Å². The summed E-state index contributed by atoms with van der Waals surface area (Å²) in [6.07, 6.45) is 0. The standard InChI is InChI=1S/C21H28N2S/c1-5-22-20(24-21(2,3)4)23(16-18-12-8-6-9-13-18)17-19-14-10-7-11-15-19/h6-15H,5,16-17H2,1-4H3. The maximum atomic E-state index is 4.81.